The van der Waals surface area contributed by atoms with Crippen molar-refractivity contribution in [2.24, 2.45) is 34.5 Å². The average Bonchev–Trinajstić information content (AvgIpc) is 3.13. The number of ether oxygens (including phenoxy) is 2. The van der Waals surface area contributed by atoms with Gasteiger partial charge in [0, 0.05) is 18.3 Å². The first-order chi connectivity index (χ1) is 17.0. The molecule has 0 radical (unpaired) electrons. The second kappa shape index (κ2) is 9.13. The molecule has 6 heteroatoms. The number of fused-ring (bicyclic) bond motifs is 5. The van der Waals surface area contributed by atoms with Gasteiger partial charge in [-0.3, -0.25) is 4.79 Å². The van der Waals surface area contributed by atoms with Crippen molar-refractivity contribution in [3.63, 3.8) is 0 Å². The summed E-state index contributed by atoms with van der Waals surface area (Å²) in [6.07, 6.45) is 5.46. The Balaban J connectivity index is 1.33. The Hall–Kier alpha value is -1.92. The highest BCUT2D eigenvalue weighted by Gasteiger charge is 2.71. The molecule has 10 atom stereocenters. The topological polar surface area (TPSA) is 93.1 Å². The van der Waals surface area contributed by atoms with Gasteiger partial charge in [-0.1, -0.05) is 32.0 Å². The van der Waals surface area contributed by atoms with Gasteiger partial charge in [0.05, 0.1) is 17.3 Å². The molecule has 4 fully saturated rings. The summed E-state index contributed by atoms with van der Waals surface area (Å²) >= 11 is 0. The van der Waals surface area contributed by atoms with E-state index in [0.717, 1.165) is 38.5 Å². The van der Waals surface area contributed by atoms with Crippen molar-refractivity contribution in [3.05, 3.63) is 35.9 Å². The van der Waals surface area contributed by atoms with Crippen molar-refractivity contribution in [3.8, 4) is 0 Å². The number of carbonyl (C=O) groups is 2. The van der Waals surface area contributed by atoms with E-state index in [4.69, 9.17) is 9.47 Å². The molecule has 36 heavy (non-hydrogen) atoms. The van der Waals surface area contributed by atoms with E-state index < -0.39 is 17.1 Å². The van der Waals surface area contributed by atoms with E-state index in [-0.39, 0.29) is 47.3 Å². The van der Waals surface area contributed by atoms with Crippen molar-refractivity contribution in [2.45, 2.75) is 103 Å². The minimum Gasteiger partial charge on any atom is -0.463 e. The summed E-state index contributed by atoms with van der Waals surface area (Å²) in [4.78, 5) is 24.3. The molecule has 0 heterocycles. The third-order valence-corrected chi connectivity index (χ3v) is 11.2. The number of hydrogen-bond acceptors (Lipinski definition) is 6. The van der Waals surface area contributed by atoms with Crippen LogP contribution in [0.15, 0.2) is 30.3 Å². The molecule has 4 aliphatic carbocycles. The van der Waals surface area contributed by atoms with E-state index in [1.54, 1.807) is 12.1 Å². The molecule has 4 saturated carbocycles. The Labute approximate surface area is 214 Å². The van der Waals surface area contributed by atoms with Crippen molar-refractivity contribution in [1.82, 2.24) is 0 Å². The van der Waals surface area contributed by atoms with Crippen LogP contribution in [0.4, 0.5) is 0 Å². The van der Waals surface area contributed by atoms with Crippen molar-refractivity contribution < 1.29 is 29.3 Å². The van der Waals surface area contributed by atoms with E-state index in [2.05, 4.69) is 6.92 Å². The Bertz CT molecular complexity index is 994. The SMILES string of the molecule is CC(=O)OC(C)[C@H]1CC[C@]2(O)C3CC[C@@H]4C[C@@H](OC(=O)c5ccccc5)CC[C@]4(C)C3C[C@H](O)[C@]12C. The van der Waals surface area contributed by atoms with Gasteiger partial charge in [-0.15, -0.1) is 0 Å². The fraction of sp³-hybridized carbons (Fsp3) is 0.733. The molecular formula is C30H42O6. The number of carbonyl (C=O) groups excluding carboxylic acids is 2. The van der Waals surface area contributed by atoms with Crippen LogP contribution >= 0.6 is 0 Å². The zero-order valence-corrected chi connectivity index (χ0v) is 22.1. The molecule has 2 N–H and O–H groups in total. The van der Waals surface area contributed by atoms with E-state index >= 15 is 0 Å². The molecule has 1 aromatic rings. The van der Waals surface area contributed by atoms with Gasteiger partial charge in [-0.2, -0.15) is 0 Å². The largest absolute Gasteiger partial charge is 0.463 e. The molecule has 0 spiro atoms. The summed E-state index contributed by atoms with van der Waals surface area (Å²) in [5.41, 5.74) is -1.09. The summed E-state index contributed by atoms with van der Waals surface area (Å²) in [6, 6.07) is 9.17. The molecule has 6 nitrogen and oxygen atoms in total. The quantitative estimate of drug-likeness (QED) is 0.573. The summed E-state index contributed by atoms with van der Waals surface area (Å²) in [5.74, 6) is 0.0970. The van der Waals surface area contributed by atoms with Gasteiger partial charge >= 0.3 is 11.9 Å². The third-order valence-electron chi connectivity index (χ3n) is 11.2. The minimum atomic E-state index is -0.973. The Morgan fingerprint density at radius 1 is 1.00 bits per heavy atom. The lowest BCUT2D eigenvalue weighted by atomic mass is 9.42. The van der Waals surface area contributed by atoms with Crippen LogP contribution in [0.5, 0.6) is 0 Å². The molecular weight excluding hydrogens is 456 g/mol. The molecule has 198 valence electrons. The second-order valence-electron chi connectivity index (χ2n) is 12.6. The van der Waals surface area contributed by atoms with Crippen LogP contribution in [-0.4, -0.2) is 46.1 Å². The molecule has 4 aliphatic rings. The van der Waals surface area contributed by atoms with Crippen molar-refractivity contribution >= 4 is 11.9 Å². The predicted molar refractivity (Wildman–Crippen MR) is 135 cm³/mol. The first-order valence-corrected chi connectivity index (χ1v) is 13.8. The van der Waals surface area contributed by atoms with Crippen LogP contribution in [0.1, 0.15) is 89.4 Å². The maximum atomic E-state index is 12.7. The molecule has 0 aliphatic heterocycles. The zero-order chi connectivity index (χ0) is 25.9. The fourth-order valence-electron chi connectivity index (χ4n) is 9.20. The first-order valence-electron chi connectivity index (χ1n) is 13.8. The van der Waals surface area contributed by atoms with Gasteiger partial charge < -0.3 is 19.7 Å². The summed E-state index contributed by atoms with van der Waals surface area (Å²) in [5, 5.41) is 23.9. The van der Waals surface area contributed by atoms with Crippen LogP contribution in [0.25, 0.3) is 0 Å². The molecule has 0 bridgehead atoms. The molecule has 0 amide bonds. The molecule has 0 aromatic heterocycles. The number of esters is 2. The second-order valence-corrected chi connectivity index (χ2v) is 12.6. The predicted octanol–water partition coefficient (Wildman–Crippen LogP) is 4.91. The summed E-state index contributed by atoms with van der Waals surface area (Å²) < 4.78 is 11.5. The Kier molecular flexibility index (Phi) is 6.52. The number of benzene rings is 1. The third kappa shape index (κ3) is 3.82. The van der Waals surface area contributed by atoms with Gasteiger partial charge in [-0.05, 0) is 93.6 Å². The van der Waals surface area contributed by atoms with Crippen LogP contribution in [-0.2, 0) is 14.3 Å². The smallest absolute Gasteiger partial charge is 0.338 e. The van der Waals surface area contributed by atoms with Crippen LogP contribution < -0.4 is 0 Å². The lowest BCUT2D eigenvalue weighted by Gasteiger charge is -2.65. The summed E-state index contributed by atoms with van der Waals surface area (Å²) in [7, 11) is 0. The number of aliphatic hydroxyl groups is 2. The highest BCUT2D eigenvalue weighted by molar-refractivity contribution is 5.89. The van der Waals surface area contributed by atoms with Gasteiger partial charge in [0.1, 0.15) is 12.2 Å². The zero-order valence-electron chi connectivity index (χ0n) is 22.1. The lowest BCUT2D eigenvalue weighted by molar-refractivity contribution is -0.253. The highest BCUT2D eigenvalue weighted by atomic mass is 16.5. The van der Waals surface area contributed by atoms with E-state index in [9.17, 15) is 19.8 Å². The molecule has 3 unspecified atom stereocenters. The molecule has 0 saturated heterocycles. The van der Waals surface area contributed by atoms with Gasteiger partial charge in [-0.25, -0.2) is 4.79 Å². The number of aliphatic hydroxyl groups excluding tert-OH is 1. The van der Waals surface area contributed by atoms with Crippen molar-refractivity contribution in [1.29, 1.82) is 0 Å². The van der Waals surface area contributed by atoms with Gasteiger partial charge in [0.25, 0.3) is 0 Å². The Morgan fingerprint density at radius 3 is 2.42 bits per heavy atom. The van der Waals surface area contributed by atoms with E-state index in [1.165, 1.54) is 6.92 Å². The lowest BCUT2D eigenvalue weighted by Crippen LogP contribution is -2.67. The van der Waals surface area contributed by atoms with E-state index in [0.29, 0.717) is 24.3 Å². The van der Waals surface area contributed by atoms with Crippen molar-refractivity contribution in [2.75, 3.05) is 0 Å². The van der Waals surface area contributed by atoms with Gasteiger partial charge in [0.15, 0.2) is 0 Å². The summed E-state index contributed by atoms with van der Waals surface area (Å²) in [6.45, 7) is 7.69. The van der Waals surface area contributed by atoms with Crippen LogP contribution in [0.2, 0.25) is 0 Å². The van der Waals surface area contributed by atoms with E-state index in [1.807, 2.05) is 32.0 Å². The maximum Gasteiger partial charge on any atom is 0.338 e. The fourth-order valence-corrected chi connectivity index (χ4v) is 9.20. The molecule has 1 aromatic carbocycles. The highest BCUT2D eigenvalue weighted by Crippen LogP contribution is 2.69. The molecule has 5 rings (SSSR count). The standard InChI is InChI=1S/C30H42O6/c1-18(35-19(2)31)23-13-15-30(34)24-11-10-21-16-22(36-27(33)20-8-6-5-7-9-20)12-14-28(21,3)25(24)17-26(32)29(23,30)4/h5-9,18,21-26,32,34H,10-17H2,1-4H3/t18?,21-,22+,23-,24?,25?,26+,28+,29+,30+/m1/s1. The maximum absolute atomic E-state index is 12.7. The van der Waals surface area contributed by atoms with Gasteiger partial charge in [0.2, 0.25) is 0 Å². The number of hydrogen-bond donors (Lipinski definition) is 2. The average molecular weight is 499 g/mol. The number of rotatable bonds is 4. The van der Waals surface area contributed by atoms with Crippen LogP contribution in [0.3, 0.4) is 0 Å². The Morgan fingerprint density at radius 2 is 1.72 bits per heavy atom. The minimum absolute atomic E-state index is 0.00377. The normalized spacial score (nSPS) is 44.5. The first kappa shape index (κ1) is 25.7. The monoisotopic (exact) mass is 498 g/mol. The van der Waals surface area contributed by atoms with Crippen LogP contribution in [0, 0.1) is 34.5 Å².